The highest BCUT2D eigenvalue weighted by Gasteiger charge is 2.28. The molecule has 1 N–H and O–H groups in total. The third kappa shape index (κ3) is 2.68. The second-order valence-electron chi connectivity index (χ2n) is 5.15. The van der Waals surface area contributed by atoms with Crippen LogP contribution in [0.1, 0.15) is 62.1 Å². The molecule has 3 nitrogen and oxygen atoms in total. The predicted octanol–water partition coefficient (Wildman–Crippen LogP) is 3.62. The van der Waals surface area contributed by atoms with E-state index in [-0.39, 0.29) is 5.92 Å². The van der Waals surface area contributed by atoms with Gasteiger partial charge in [-0.2, -0.15) is 0 Å². The van der Waals surface area contributed by atoms with Crippen LogP contribution >= 0.6 is 11.3 Å². The zero-order valence-electron chi connectivity index (χ0n) is 10.3. The van der Waals surface area contributed by atoms with Crippen LogP contribution in [-0.2, 0) is 4.79 Å². The van der Waals surface area contributed by atoms with Gasteiger partial charge in [-0.05, 0) is 18.8 Å². The number of aromatic nitrogens is 1. The number of hydrogen-bond acceptors (Lipinski definition) is 3. The van der Waals surface area contributed by atoms with E-state index in [1.807, 2.05) is 13.8 Å². The molecule has 1 atom stereocenters. The number of hydrogen-bond donors (Lipinski definition) is 1. The summed E-state index contributed by atoms with van der Waals surface area (Å²) in [6.07, 6.45) is 4.99. The molecule has 0 amide bonds. The van der Waals surface area contributed by atoms with E-state index >= 15 is 0 Å². The lowest BCUT2D eigenvalue weighted by molar-refractivity contribution is -0.139. The number of carbonyl (C=O) groups is 1. The molecule has 0 bridgehead atoms. The summed E-state index contributed by atoms with van der Waals surface area (Å²) in [4.78, 5) is 15.8. The van der Waals surface area contributed by atoms with Crippen LogP contribution in [0.3, 0.4) is 0 Å². The van der Waals surface area contributed by atoms with Crippen LogP contribution in [0.2, 0.25) is 0 Å². The molecule has 1 aliphatic rings. The van der Waals surface area contributed by atoms with Crippen molar-refractivity contribution in [3.8, 4) is 0 Å². The summed E-state index contributed by atoms with van der Waals surface area (Å²) in [7, 11) is 0. The topological polar surface area (TPSA) is 50.2 Å². The van der Waals surface area contributed by atoms with Crippen LogP contribution in [0.4, 0.5) is 0 Å². The SMILES string of the molecule is CC(C)C(C(=O)O)c1nc(C2CCCC2)cs1. The Bertz CT molecular complexity index is 394. The summed E-state index contributed by atoms with van der Waals surface area (Å²) in [5, 5.41) is 12.1. The maximum absolute atomic E-state index is 11.2. The summed E-state index contributed by atoms with van der Waals surface area (Å²) in [5.74, 6) is -0.542. The minimum Gasteiger partial charge on any atom is -0.481 e. The first-order valence-electron chi connectivity index (χ1n) is 6.27. The highest BCUT2D eigenvalue weighted by Crippen LogP contribution is 2.36. The van der Waals surface area contributed by atoms with Gasteiger partial charge in [-0.25, -0.2) is 4.98 Å². The third-order valence-corrected chi connectivity index (χ3v) is 4.46. The average Bonchev–Trinajstić information content (AvgIpc) is 2.83. The Balaban J connectivity index is 2.18. The van der Waals surface area contributed by atoms with E-state index in [4.69, 9.17) is 0 Å². The molecule has 94 valence electrons. The van der Waals surface area contributed by atoms with E-state index in [9.17, 15) is 9.90 Å². The maximum atomic E-state index is 11.2. The molecule has 4 heteroatoms. The van der Waals surface area contributed by atoms with Crippen LogP contribution < -0.4 is 0 Å². The van der Waals surface area contributed by atoms with Gasteiger partial charge < -0.3 is 5.11 Å². The van der Waals surface area contributed by atoms with Crippen molar-refractivity contribution in [1.82, 2.24) is 4.98 Å². The largest absolute Gasteiger partial charge is 0.481 e. The minimum absolute atomic E-state index is 0.0927. The van der Waals surface area contributed by atoms with Gasteiger partial charge in [0.25, 0.3) is 0 Å². The Labute approximate surface area is 106 Å². The molecule has 0 radical (unpaired) electrons. The molecule has 0 aromatic carbocycles. The highest BCUT2D eigenvalue weighted by atomic mass is 32.1. The standard InChI is InChI=1S/C13H19NO2S/c1-8(2)11(13(15)16)12-14-10(7-17-12)9-5-3-4-6-9/h7-9,11H,3-6H2,1-2H3,(H,15,16). The summed E-state index contributed by atoms with van der Waals surface area (Å²) < 4.78 is 0. The number of nitrogens with zero attached hydrogens (tertiary/aromatic N) is 1. The molecule has 0 spiro atoms. The molecular formula is C13H19NO2S. The third-order valence-electron chi connectivity index (χ3n) is 3.51. The number of thiazole rings is 1. The van der Waals surface area contributed by atoms with Gasteiger partial charge in [0.2, 0.25) is 0 Å². The second-order valence-corrected chi connectivity index (χ2v) is 6.04. The first kappa shape index (κ1) is 12.6. The van der Waals surface area contributed by atoms with Gasteiger partial charge in [0.15, 0.2) is 0 Å². The van der Waals surface area contributed by atoms with Gasteiger partial charge in [0, 0.05) is 11.3 Å². The summed E-state index contributed by atoms with van der Waals surface area (Å²) >= 11 is 1.51. The summed E-state index contributed by atoms with van der Waals surface area (Å²) in [6.45, 7) is 3.88. The summed E-state index contributed by atoms with van der Waals surface area (Å²) in [6, 6.07) is 0. The molecule has 1 aromatic rings. The fourth-order valence-electron chi connectivity index (χ4n) is 2.53. The van der Waals surface area contributed by atoms with E-state index in [2.05, 4.69) is 10.4 Å². The minimum atomic E-state index is -0.757. The van der Waals surface area contributed by atoms with Crippen molar-refractivity contribution in [1.29, 1.82) is 0 Å². The molecule has 1 aromatic heterocycles. The molecule has 0 saturated heterocycles. The zero-order chi connectivity index (χ0) is 12.4. The first-order chi connectivity index (χ1) is 8.09. The van der Waals surface area contributed by atoms with Gasteiger partial charge >= 0.3 is 5.97 Å². The fraction of sp³-hybridized carbons (Fsp3) is 0.692. The highest BCUT2D eigenvalue weighted by molar-refractivity contribution is 7.09. The van der Waals surface area contributed by atoms with Gasteiger partial charge in [-0.3, -0.25) is 4.79 Å². The van der Waals surface area contributed by atoms with Crippen molar-refractivity contribution in [3.63, 3.8) is 0 Å². The van der Waals surface area contributed by atoms with Gasteiger partial charge in [-0.1, -0.05) is 26.7 Å². The van der Waals surface area contributed by atoms with Crippen molar-refractivity contribution in [3.05, 3.63) is 16.1 Å². The second kappa shape index (κ2) is 5.17. The van der Waals surface area contributed by atoms with E-state index in [0.29, 0.717) is 5.92 Å². The number of carboxylic acid groups (broad SMARTS) is 1. The van der Waals surface area contributed by atoms with Gasteiger partial charge in [0.05, 0.1) is 5.69 Å². The van der Waals surface area contributed by atoms with Crippen LogP contribution in [-0.4, -0.2) is 16.1 Å². The lowest BCUT2D eigenvalue weighted by atomic mass is 9.96. The van der Waals surface area contributed by atoms with Crippen LogP contribution in [0.5, 0.6) is 0 Å². The lowest BCUT2D eigenvalue weighted by Gasteiger charge is -2.13. The van der Waals surface area contributed by atoms with Crippen LogP contribution in [0.25, 0.3) is 0 Å². The Morgan fingerprint density at radius 3 is 2.65 bits per heavy atom. The van der Waals surface area contributed by atoms with Crippen molar-refractivity contribution >= 4 is 17.3 Å². The average molecular weight is 253 g/mol. The Hall–Kier alpha value is -0.900. The molecule has 1 fully saturated rings. The summed E-state index contributed by atoms with van der Waals surface area (Å²) in [5.41, 5.74) is 1.12. The molecule has 1 heterocycles. The monoisotopic (exact) mass is 253 g/mol. The fourth-order valence-corrected chi connectivity index (χ4v) is 3.69. The van der Waals surface area contributed by atoms with Crippen molar-refractivity contribution in [2.75, 3.05) is 0 Å². The lowest BCUT2D eigenvalue weighted by Crippen LogP contribution is -2.17. The van der Waals surface area contributed by atoms with Crippen molar-refractivity contribution < 1.29 is 9.90 Å². The number of carboxylic acids is 1. The van der Waals surface area contributed by atoms with E-state index < -0.39 is 11.9 Å². The molecular weight excluding hydrogens is 234 g/mol. The first-order valence-corrected chi connectivity index (χ1v) is 7.15. The van der Waals surface area contributed by atoms with Gasteiger partial charge in [-0.15, -0.1) is 11.3 Å². The Morgan fingerprint density at radius 2 is 2.12 bits per heavy atom. The molecule has 1 unspecified atom stereocenters. The zero-order valence-corrected chi connectivity index (χ0v) is 11.2. The smallest absolute Gasteiger partial charge is 0.313 e. The predicted molar refractivity (Wildman–Crippen MR) is 68.5 cm³/mol. The van der Waals surface area contributed by atoms with Gasteiger partial charge in [0.1, 0.15) is 10.9 Å². The molecule has 1 aliphatic carbocycles. The normalized spacial score (nSPS) is 18.8. The molecule has 2 rings (SSSR count). The molecule has 1 saturated carbocycles. The van der Waals surface area contributed by atoms with E-state index in [0.717, 1.165) is 10.7 Å². The molecule has 0 aliphatic heterocycles. The molecule has 17 heavy (non-hydrogen) atoms. The van der Waals surface area contributed by atoms with E-state index in [1.54, 1.807) is 0 Å². The van der Waals surface area contributed by atoms with Crippen molar-refractivity contribution in [2.45, 2.75) is 51.4 Å². The Morgan fingerprint density at radius 1 is 1.47 bits per heavy atom. The number of aliphatic carboxylic acids is 1. The van der Waals surface area contributed by atoms with Crippen LogP contribution in [0, 0.1) is 5.92 Å². The van der Waals surface area contributed by atoms with E-state index in [1.165, 1.54) is 37.0 Å². The van der Waals surface area contributed by atoms with Crippen molar-refractivity contribution in [2.24, 2.45) is 5.92 Å². The Kier molecular flexibility index (Phi) is 3.82. The van der Waals surface area contributed by atoms with Crippen LogP contribution in [0.15, 0.2) is 5.38 Å². The number of rotatable bonds is 4. The maximum Gasteiger partial charge on any atom is 0.313 e. The quantitative estimate of drug-likeness (QED) is 0.891.